The SMILES string of the molecule is CNC(C)(C)CC(=O)n1ncc(N)c1C. The molecule has 3 N–H and O–H groups in total. The normalized spacial score (nSPS) is 11.7. The Kier molecular flexibility index (Phi) is 3.14. The van der Waals surface area contributed by atoms with Gasteiger partial charge in [-0.15, -0.1) is 0 Å². The maximum absolute atomic E-state index is 11.9. The van der Waals surface area contributed by atoms with Crippen molar-refractivity contribution in [3.05, 3.63) is 11.9 Å². The molecule has 0 saturated heterocycles. The summed E-state index contributed by atoms with van der Waals surface area (Å²) in [4.78, 5) is 11.9. The van der Waals surface area contributed by atoms with E-state index in [9.17, 15) is 4.79 Å². The molecule has 1 heterocycles. The van der Waals surface area contributed by atoms with Gasteiger partial charge in [-0.25, -0.2) is 4.68 Å². The summed E-state index contributed by atoms with van der Waals surface area (Å²) in [7, 11) is 1.83. The molecule has 0 aliphatic heterocycles. The highest BCUT2D eigenvalue weighted by molar-refractivity contribution is 5.80. The van der Waals surface area contributed by atoms with E-state index in [0.29, 0.717) is 17.8 Å². The molecule has 0 atom stereocenters. The van der Waals surface area contributed by atoms with Crippen LogP contribution < -0.4 is 11.1 Å². The van der Waals surface area contributed by atoms with Crippen LogP contribution in [0.5, 0.6) is 0 Å². The van der Waals surface area contributed by atoms with Crippen LogP contribution in [-0.2, 0) is 0 Å². The molecule has 0 amide bonds. The minimum atomic E-state index is -0.232. The zero-order valence-corrected chi connectivity index (χ0v) is 9.66. The topological polar surface area (TPSA) is 72.9 Å². The van der Waals surface area contributed by atoms with Crippen molar-refractivity contribution in [1.29, 1.82) is 0 Å². The first-order valence-corrected chi connectivity index (χ1v) is 4.89. The lowest BCUT2D eigenvalue weighted by Gasteiger charge is -2.22. The largest absolute Gasteiger partial charge is 0.396 e. The summed E-state index contributed by atoms with van der Waals surface area (Å²) in [6, 6.07) is 0. The fourth-order valence-corrected chi connectivity index (χ4v) is 1.22. The maximum atomic E-state index is 11.9. The molecule has 1 rings (SSSR count). The van der Waals surface area contributed by atoms with Gasteiger partial charge in [0, 0.05) is 12.0 Å². The van der Waals surface area contributed by atoms with Crippen molar-refractivity contribution in [3.8, 4) is 0 Å². The number of hydrogen-bond acceptors (Lipinski definition) is 4. The first-order chi connectivity index (χ1) is 6.87. The Morgan fingerprint density at radius 3 is 2.67 bits per heavy atom. The van der Waals surface area contributed by atoms with Gasteiger partial charge in [-0.1, -0.05) is 0 Å². The first kappa shape index (κ1) is 11.7. The van der Waals surface area contributed by atoms with Crippen molar-refractivity contribution in [2.45, 2.75) is 32.7 Å². The van der Waals surface area contributed by atoms with Crippen molar-refractivity contribution >= 4 is 11.6 Å². The lowest BCUT2D eigenvalue weighted by molar-refractivity contribution is 0.0850. The number of nitrogen functional groups attached to an aromatic ring is 1. The van der Waals surface area contributed by atoms with Crippen LogP contribution in [0.15, 0.2) is 6.20 Å². The first-order valence-electron chi connectivity index (χ1n) is 4.89. The second kappa shape index (κ2) is 4.02. The predicted molar refractivity (Wildman–Crippen MR) is 59.8 cm³/mol. The van der Waals surface area contributed by atoms with Crippen molar-refractivity contribution < 1.29 is 4.79 Å². The number of carbonyl (C=O) groups is 1. The van der Waals surface area contributed by atoms with Crippen LogP contribution in [0, 0.1) is 6.92 Å². The molecule has 0 radical (unpaired) electrons. The van der Waals surface area contributed by atoms with Gasteiger partial charge in [0.2, 0.25) is 5.91 Å². The predicted octanol–water partition coefficient (Wildman–Crippen LogP) is 0.802. The fraction of sp³-hybridized carbons (Fsp3) is 0.600. The Morgan fingerprint density at radius 1 is 1.67 bits per heavy atom. The smallest absolute Gasteiger partial charge is 0.248 e. The Labute approximate surface area is 89.6 Å². The second-order valence-electron chi connectivity index (χ2n) is 4.30. The van der Waals surface area contributed by atoms with Crippen molar-refractivity contribution in [1.82, 2.24) is 15.1 Å². The van der Waals surface area contributed by atoms with Gasteiger partial charge in [0.25, 0.3) is 0 Å². The van der Waals surface area contributed by atoms with Crippen LogP contribution in [-0.4, -0.2) is 28.3 Å². The summed E-state index contributed by atoms with van der Waals surface area (Å²) >= 11 is 0. The minimum absolute atomic E-state index is 0.0523. The van der Waals surface area contributed by atoms with E-state index in [1.807, 2.05) is 20.9 Å². The van der Waals surface area contributed by atoms with E-state index in [0.717, 1.165) is 0 Å². The van der Waals surface area contributed by atoms with Gasteiger partial charge in [0.05, 0.1) is 17.6 Å². The Balaban J connectivity index is 2.83. The quantitative estimate of drug-likeness (QED) is 0.774. The van der Waals surface area contributed by atoms with Gasteiger partial charge in [0.15, 0.2) is 0 Å². The second-order valence-corrected chi connectivity index (χ2v) is 4.30. The number of carbonyl (C=O) groups excluding carboxylic acids is 1. The van der Waals surface area contributed by atoms with Gasteiger partial charge in [-0.2, -0.15) is 5.10 Å². The van der Waals surface area contributed by atoms with Crippen molar-refractivity contribution in [3.63, 3.8) is 0 Å². The Morgan fingerprint density at radius 2 is 2.27 bits per heavy atom. The van der Waals surface area contributed by atoms with Gasteiger partial charge < -0.3 is 11.1 Å². The summed E-state index contributed by atoms with van der Waals surface area (Å²) < 4.78 is 1.36. The molecule has 0 unspecified atom stereocenters. The summed E-state index contributed by atoms with van der Waals surface area (Å²) in [6.45, 7) is 5.72. The minimum Gasteiger partial charge on any atom is -0.396 e. The summed E-state index contributed by atoms with van der Waals surface area (Å²) in [6.07, 6.45) is 1.88. The van der Waals surface area contributed by atoms with Crippen LogP contribution in [0.2, 0.25) is 0 Å². The third-order valence-corrected chi connectivity index (χ3v) is 2.55. The Bertz CT molecular complexity index is 367. The summed E-state index contributed by atoms with van der Waals surface area (Å²) in [5, 5.41) is 7.02. The van der Waals surface area contributed by atoms with Gasteiger partial charge in [-0.05, 0) is 27.8 Å². The Hall–Kier alpha value is -1.36. The number of hydrogen-bond donors (Lipinski definition) is 2. The molecule has 0 spiro atoms. The molecule has 0 aliphatic carbocycles. The fourth-order valence-electron chi connectivity index (χ4n) is 1.22. The monoisotopic (exact) mass is 210 g/mol. The summed E-state index contributed by atoms with van der Waals surface area (Å²) in [5.41, 5.74) is 6.64. The molecule has 0 saturated carbocycles. The molecular formula is C10H18N4O. The van der Waals surface area contributed by atoms with Gasteiger partial charge in [-0.3, -0.25) is 4.79 Å². The molecule has 1 aromatic rings. The number of rotatable bonds is 3. The lowest BCUT2D eigenvalue weighted by Crippen LogP contribution is -2.39. The van der Waals surface area contributed by atoms with E-state index >= 15 is 0 Å². The number of aromatic nitrogens is 2. The summed E-state index contributed by atoms with van der Waals surface area (Å²) in [5.74, 6) is -0.0523. The van der Waals surface area contributed by atoms with Crippen LogP contribution in [0.1, 0.15) is 30.8 Å². The van der Waals surface area contributed by atoms with E-state index in [4.69, 9.17) is 5.73 Å². The third kappa shape index (κ3) is 2.56. The number of nitrogens with zero attached hydrogens (tertiary/aromatic N) is 2. The molecule has 1 aromatic heterocycles. The highest BCUT2D eigenvalue weighted by Gasteiger charge is 2.22. The zero-order chi connectivity index (χ0) is 11.6. The molecule has 0 bridgehead atoms. The molecule has 5 nitrogen and oxygen atoms in total. The molecular weight excluding hydrogens is 192 g/mol. The zero-order valence-electron chi connectivity index (χ0n) is 9.66. The molecule has 0 aliphatic rings. The lowest BCUT2D eigenvalue weighted by atomic mass is 10.0. The standard InChI is InChI=1S/C10H18N4O/c1-7-8(11)6-13-14(7)9(15)5-10(2,3)12-4/h6,12H,5,11H2,1-4H3. The van der Waals surface area contributed by atoms with Crippen molar-refractivity contribution in [2.24, 2.45) is 0 Å². The van der Waals surface area contributed by atoms with E-state index in [1.165, 1.54) is 10.9 Å². The average Bonchev–Trinajstić information content (AvgIpc) is 2.47. The third-order valence-electron chi connectivity index (χ3n) is 2.55. The van der Waals surface area contributed by atoms with Crippen LogP contribution >= 0.6 is 0 Å². The molecule has 84 valence electrons. The van der Waals surface area contributed by atoms with Gasteiger partial charge in [0.1, 0.15) is 0 Å². The molecule has 0 aromatic carbocycles. The van der Waals surface area contributed by atoms with E-state index in [1.54, 1.807) is 6.92 Å². The van der Waals surface area contributed by atoms with Crippen LogP contribution in [0.4, 0.5) is 5.69 Å². The molecule has 5 heteroatoms. The number of anilines is 1. The van der Waals surface area contributed by atoms with Crippen LogP contribution in [0.25, 0.3) is 0 Å². The van der Waals surface area contributed by atoms with E-state index < -0.39 is 0 Å². The molecule has 15 heavy (non-hydrogen) atoms. The van der Waals surface area contributed by atoms with Crippen molar-refractivity contribution in [2.75, 3.05) is 12.8 Å². The molecule has 0 fully saturated rings. The maximum Gasteiger partial charge on any atom is 0.248 e. The van der Waals surface area contributed by atoms with E-state index in [-0.39, 0.29) is 11.4 Å². The highest BCUT2D eigenvalue weighted by Crippen LogP contribution is 2.13. The van der Waals surface area contributed by atoms with Gasteiger partial charge >= 0.3 is 0 Å². The number of nitrogens with two attached hydrogens (primary N) is 1. The average molecular weight is 210 g/mol. The highest BCUT2D eigenvalue weighted by atomic mass is 16.2. The number of nitrogens with one attached hydrogen (secondary N) is 1. The van der Waals surface area contributed by atoms with Crippen LogP contribution in [0.3, 0.4) is 0 Å². The van der Waals surface area contributed by atoms with E-state index in [2.05, 4.69) is 10.4 Å².